The van der Waals surface area contributed by atoms with Gasteiger partial charge in [-0.2, -0.15) is 5.10 Å². The van der Waals surface area contributed by atoms with Crippen molar-refractivity contribution in [2.24, 2.45) is 0 Å². The van der Waals surface area contributed by atoms with Crippen LogP contribution in [0.3, 0.4) is 0 Å². The number of fused-ring (bicyclic) bond motifs is 1. The molecule has 4 rings (SSSR count). The van der Waals surface area contributed by atoms with Crippen molar-refractivity contribution in [3.05, 3.63) is 77.0 Å². The smallest absolute Gasteiger partial charge is 0.335 e. The summed E-state index contributed by atoms with van der Waals surface area (Å²) < 4.78 is 1.68. The summed E-state index contributed by atoms with van der Waals surface area (Å²) >= 11 is 1.57. The molecule has 0 radical (unpaired) electrons. The number of nitrogens with one attached hydrogen (secondary N) is 1. The lowest BCUT2D eigenvalue weighted by atomic mass is 10.0. The second kappa shape index (κ2) is 6.92. The number of hydrogen-bond acceptors (Lipinski definition) is 4. The van der Waals surface area contributed by atoms with Gasteiger partial charge in [-0.05, 0) is 36.8 Å². The van der Waals surface area contributed by atoms with Gasteiger partial charge in [-0.25, -0.2) is 9.48 Å². The molecule has 1 aromatic heterocycles. The fourth-order valence-corrected chi connectivity index (χ4v) is 4.40. The van der Waals surface area contributed by atoms with Gasteiger partial charge in [0.2, 0.25) is 5.91 Å². The van der Waals surface area contributed by atoms with Crippen LogP contribution in [0, 0.1) is 6.92 Å². The number of aromatic nitrogens is 2. The highest BCUT2D eigenvalue weighted by Gasteiger charge is 2.30. The number of aromatic carboxylic acids is 1. The van der Waals surface area contributed by atoms with Gasteiger partial charge >= 0.3 is 5.97 Å². The van der Waals surface area contributed by atoms with Gasteiger partial charge in [0.25, 0.3) is 0 Å². The number of carbonyl (C=O) groups excluding carboxylic acids is 1. The first-order valence-electron chi connectivity index (χ1n) is 8.44. The number of carboxylic acids is 1. The van der Waals surface area contributed by atoms with Crippen molar-refractivity contribution in [3.8, 4) is 5.69 Å². The van der Waals surface area contributed by atoms with E-state index in [1.54, 1.807) is 28.6 Å². The molecule has 2 aromatic carbocycles. The van der Waals surface area contributed by atoms with Gasteiger partial charge in [-0.15, -0.1) is 11.8 Å². The molecule has 1 aliphatic heterocycles. The minimum atomic E-state index is -0.981. The average molecular weight is 379 g/mol. The lowest BCUT2D eigenvalue weighted by Crippen LogP contribution is -2.15. The summed E-state index contributed by atoms with van der Waals surface area (Å²) in [4.78, 5) is 23.4. The Morgan fingerprint density at radius 3 is 2.56 bits per heavy atom. The Balaban J connectivity index is 1.85. The van der Waals surface area contributed by atoms with Crippen molar-refractivity contribution in [3.63, 3.8) is 0 Å². The highest BCUT2D eigenvalue weighted by atomic mass is 32.2. The molecule has 6 nitrogen and oxygen atoms in total. The van der Waals surface area contributed by atoms with Crippen molar-refractivity contribution in [1.29, 1.82) is 0 Å². The summed E-state index contributed by atoms with van der Waals surface area (Å²) in [6, 6.07) is 16.5. The fraction of sp³-hybridized carbons (Fsp3) is 0.150. The fourth-order valence-electron chi connectivity index (χ4n) is 3.21. The number of amides is 1. The van der Waals surface area contributed by atoms with Crippen molar-refractivity contribution < 1.29 is 14.7 Å². The van der Waals surface area contributed by atoms with E-state index in [1.165, 1.54) is 12.1 Å². The maximum atomic E-state index is 12.3. The first-order valence-corrected chi connectivity index (χ1v) is 9.49. The van der Waals surface area contributed by atoms with E-state index in [0.717, 1.165) is 16.8 Å². The minimum Gasteiger partial charge on any atom is -0.478 e. The topological polar surface area (TPSA) is 84.2 Å². The summed E-state index contributed by atoms with van der Waals surface area (Å²) in [5.41, 5.74) is 3.82. The Morgan fingerprint density at radius 1 is 1.19 bits per heavy atom. The van der Waals surface area contributed by atoms with E-state index in [4.69, 9.17) is 5.11 Å². The van der Waals surface area contributed by atoms with Gasteiger partial charge in [-0.1, -0.05) is 30.3 Å². The van der Waals surface area contributed by atoms with Gasteiger partial charge in [0.1, 0.15) is 5.82 Å². The minimum absolute atomic E-state index is 0.00723. The van der Waals surface area contributed by atoms with Gasteiger partial charge in [0.15, 0.2) is 0 Å². The summed E-state index contributed by atoms with van der Waals surface area (Å²) in [6.45, 7) is 1.93. The number of carboxylic acid groups (broad SMARTS) is 1. The SMILES string of the molecule is Cc1nn(-c2ccc(C(=O)O)cc2)c2c1[C@@H](c1ccccc1)SCC(=O)N2. The van der Waals surface area contributed by atoms with Crippen LogP contribution < -0.4 is 5.32 Å². The van der Waals surface area contributed by atoms with Crippen molar-refractivity contribution in [2.45, 2.75) is 12.2 Å². The van der Waals surface area contributed by atoms with Crippen molar-refractivity contribution >= 4 is 29.5 Å². The molecule has 0 unspecified atom stereocenters. The molecule has 0 bridgehead atoms. The van der Waals surface area contributed by atoms with E-state index in [9.17, 15) is 9.59 Å². The Bertz CT molecular complexity index is 1010. The molecule has 0 aliphatic carbocycles. The summed E-state index contributed by atoms with van der Waals surface area (Å²) in [6.07, 6.45) is 0. The van der Waals surface area contributed by atoms with E-state index in [0.29, 0.717) is 17.3 Å². The lowest BCUT2D eigenvalue weighted by molar-refractivity contribution is -0.113. The van der Waals surface area contributed by atoms with Crippen molar-refractivity contribution in [2.75, 3.05) is 11.1 Å². The predicted octanol–water partition coefficient (Wildman–Crippen LogP) is 3.65. The van der Waals surface area contributed by atoms with E-state index < -0.39 is 5.97 Å². The number of anilines is 1. The van der Waals surface area contributed by atoms with E-state index in [1.807, 2.05) is 25.1 Å². The normalized spacial score (nSPS) is 16.3. The van der Waals surface area contributed by atoms with Gasteiger partial charge in [0.05, 0.1) is 27.9 Å². The number of carbonyl (C=O) groups is 2. The molecule has 1 atom stereocenters. The molecular formula is C20H17N3O3S. The number of rotatable bonds is 3. The third-order valence-electron chi connectivity index (χ3n) is 4.47. The molecule has 0 spiro atoms. The first-order chi connectivity index (χ1) is 13.0. The van der Waals surface area contributed by atoms with E-state index >= 15 is 0 Å². The lowest BCUT2D eigenvalue weighted by Gasteiger charge is -2.15. The maximum absolute atomic E-state index is 12.3. The summed E-state index contributed by atoms with van der Waals surface area (Å²) in [5, 5.41) is 16.7. The van der Waals surface area contributed by atoms with E-state index in [-0.39, 0.29) is 16.7 Å². The first kappa shape index (κ1) is 17.4. The van der Waals surface area contributed by atoms with Gasteiger partial charge in [-0.3, -0.25) is 4.79 Å². The van der Waals surface area contributed by atoms with Gasteiger partial charge < -0.3 is 10.4 Å². The van der Waals surface area contributed by atoms with Crippen LogP contribution in [0.2, 0.25) is 0 Å². The standard InChI is InChI=1S/C20H17N3O3S/c1-12-17-18(13-5-3-2-4-6-13)27-11-16(24)21-19(17)23(22-12)15-9-7-14(8-10-15)20(25)26/h2-10,18H,11H2,1H3,(H,21,24)(H,25,26)/t18-/m1/s1. The second-order valence-corrected chi connectivity index (χ2v) is 7.35. The van der Waals surface area contributed by atoms with E-state index in [2.05, 4.69) is 22.5 Å². The highest BCUT2D eigenvalue weighted by molar-refractivity contribution is 8.00. The van der Waals surface area contributed by atoms with Gasteiger partial charge in [0, 0.05) is 5.56 Å². The number of thioether (sulfide) groups is 1. The quantitative estimate of drug-likeness (QED) is 0.726. The maximum Gasteiger partial charge on any atom is 0.335 e. The van der Waals surface area contributed by atoms with Crippen LogP contribution in [0.1, 0.15) is 32.4 Å². The van der Waals surface area contributed by atoms with Crippen LogP contribution in [0.5, 0.6) is 0 Å². The molecule has 0 saturated heterocycles. The molecule has 27 heavy (non-hydrogen) atoms. The number of aryl methyl sites for hydroxylation is 1. The van der Waals surface area contributed by atoms with Crippen LogP contribution in [0.15, 0.2) is 54.6 Å². The predicted molar refractivity (Wildman–Crippen MR) is 105 cm³/mol. The Kier molecular flexibility index (Phi) is 4.45. The third-order valence-corrected chi connectivity index (χ3v) is 5.74. The molecular weight excluding hydrogens is 362 g/mol. The molecule has 1 amide bonds. The molecule has 2 heterocycles. The molecule has 3 aromatic rings. The Hall–Kier alpha value is -3.06. The number of benzene rings is 2. The number of nitrogens with zero attached hydrogens (tertiary/aromatic N) is 2. The average Bonchev–Trinajstić information content (AvgIpc) is 2.88. The molecule has 7 heteroatoms. The second-order valence-electron chi connectivity index (χ2n) is 6.26. The summed E-state index contributed by atoms with van der Waals surface area (Å²) in [7, 11) is 0. The monoisotopic (exact) mass is 379 g/mol. The van der Waals surface area contributed by atoms with Crippen molar-refractivity contribution in [1.82, 2.24) is 9.78 Å². The Morgan fingerprint density at radius 2 is 1.89 bits per heavy atom. The number of hydrogen-bond donors (Lipinski definition) is 2. The molecule has 136 valence electrons. The zero-order chi connectivity index (χ0) is 19.0. The molecule has 0 saturated carbocycles. The summed E-state index contributed by atoms with van der Waals surface area (Å²) in [5.74, 6) is -0.0701. The largest absolute Gasteiger partial charge is 0.478 e. The molecule has 1 aliphatic rings. The van der Waals surface area contributed by atoms with Crippen LogP contribution in [0.4, 0.5) is 5.82 Å². The van der Waals surface area contributed by atoms with Crippen LogP contribution >= 0.6 is 11.8 Å². The zero-order valence-corrected chi connectivity index (χ0v) is 15.4. The third kappa shape index (κ3) is 3.21. The highest BCUT2D eigenvalue weighted by Crippen LogP contribution is 2.43. The van der Waals surface area contributed by atoms with Crippen LogP contribution in [0.25, 0.3) is 5.69 Å². The molecule has 2 N–H and O–H groups in total. The zero-order valence-electron chi connectivity index (χ0n) is 14.5. The van der Waals surface area contributed by atoms with Crippen LogP contribution in [-0.4, -0.2) is 32.5 Å². The van der Waals surface area contributed by atoms with Crippen LogP contribution in [-0.2, 0) is 4.79 Å². The molecule has 0 fully saturated rings. The Labute approximate surface area is 160 Å².